The van der Waals surface area contributed by atoms with Crippen molar-refractivity contribution in [3.8, 4) is 6.07 Å². The first-order valence-corrected chi connectivity index (χ1v) is 10.9. The second-order valence-corrected chi connectivity index (χ2v) is 8.45. The predicted molar refractivity (Wildman–Crippen MR) is 125 cm³/mol. The van der Waals surface area contributed by atoms with E-state index in [0.717, 1.165) is 28.9 Å². The van der Waals surface area contributed by atoms with Crippen molar-refractivity contribution in [1.29, 1.82) is 5.26 Å². The highest BCUT2D eigenvalue weighted by molar-refractivity contribution is 6.31. The van der Waals surface area contributed by atoms with Crippen molar-refractivity contribution in [2.24, 2.45) is 5.73 Å². The van der Waals surface area contributed by atoms with Gasteiger partial charge in [-0.25, -0.2) is 13.8 Å². The third-order valence-corrected chi connectivity index (χ3v) is 5.85. The van der Waals surface area contributed by atoms with Gasteiger partial charge in [-0.3, -0.25) is 14.3 Å². The predicted octanol–water partition coefficient (Wildman–Crippen LogP) is 4.96. The van der Waals surface area contributed by atoms with Gasteiger partial charge in [0, 0.05) is 17.0 Å². The van der Waals surface area contributed by atoms with Crippen molar-refractivity contribution < 1.29 is 31.5 Å². The minimum Gasteiger partial charge on any atom is -0.364 e. The number of rotatable bonds is 5. The first kappa shape index (κ1) is 26.5. The Morgan fingerprint density at radius 1 is 1.16 bits per heavy atom. The average Bonchev–Trinajstić information content (AvgIpc) is 3.15. The van der Waals surface area contributed by atoms with Gasteiger partial charge in [0.15, 0.2) is 5.69 Å². The first-order valence-electron chi connectivity index (χ1n) is 10.5. The number of hydrogen-bond acceptors (Lipinski definition) is 5. The summed E-state index contributed by atoms with van der Waals surface area (Å²) in [6.45, 7) is 0.784. The molecule has 14 heteroatoms. The van der Waals surface area contributed by atoms with Crippen LogP contribution in [0.2, 0.25) is 5.02 Å². The van der Waals surface area contributed by atoms with Crippen LogP contribution in [0.15, 0.2) is 36.4 Å². The van der Waals surface area contributed by atoms with Gasteiger partial charge >= 0.3 is 6.18 Å². The van der Waals surface area contributed by atoms with Crippen LogP contribution in [0.25, 0.3) is 10.9 Å². The Labute approximate surface area is 215 Å². The molecule has 0 radical (unpaired) electrons. The summed E-state index contributed by atoms with van der Waals surface area (Å²) < 4.78 is 70.8. The molecule has 0 aliphatic carbocycles. The molecule has 194 valence electrons. The third kappa shape index (κ3) is 4.98. The van der Waals surface area contributed by atoms with Crippen LogP contribution in [0.3, 0.4) is 0 Å². The number of benzene rings is 2. The van der Waals surface area contributed by atoms with E-state index in [2.05, 4.69) is 15.4 Å². The van der Waals surface area contributed by atoms with Crippen molar-refractivity contribution in [3.05, 3.63) is 86.8 Å². The number of nitrogens with zero attached hydrogens (tertiary/aromatic N) is 4. The number of carbonyl (C=O) groups excluding carboxylic acids is 2. The van der Waals surface area contributed by atoms with E-state index >= 15 is 0 Å². The molecular formula is C24H14ClF5N6O2. The van der Waals surface area contributed by atoms with Crippen LogP contribution in [0.4, 0.5) is 27.6 Å². The fourth-order valence-electron chi connectivity index (χ4n) is 3.67. The van der Waals surface area contributed by atoms with Gasteiger partial charge in [0.2, 0.25) is 0 Å². The number of amides is 2. The Hall–Kier alpha value is -4.57. The Balaban J connectivity index is 1.80. The molecule has 0 saturated heterocycles. The number of anilines is 1. The number of carbonyl (C=O) groups is 2. The summed E-state index contributed by atoms with van der Waals surface area (Å²) in [5, 5.41) is 14.1. The van der Waals surface area contributed by atoms with E-state index < -0.39 is 58.3 Å². The van der Waals surface area contributed by atoms with Crippen LogP contribution in [0.1, 0.15) is 43.4 Å². The Morgan fingerprint density at radius 2 is 1.87 bits per heavy atom. The molecule has 0 bridgehead atoms. The minimum atomic E-state index is -5.02. The van der Waals surface area contributed by atoms with E-state index in [4.69, 9.17) is 22.6 Å². The molecule has 2 amide bonds. The summed E-state index contributed by atoms with van der Waals surface area (Å²) in [5.74, 6) is -3.93. The standard InChI is InChI=1S/C24H14ClF5N6O2/c1-10-20(21(24(28,29)30)35-36(10)9-12-3-2-11(8-31)4-16(12)26)34-23(38)14-6-19(22(32)37)33-18-7-17(27)15(25)5-13(14)18/h2-7H,9H2,1H3,(H2,32,37)(H,34,38). The summed E-state index contributed by atoms with van der Waals surface area (Å²) in [5.41, 5.74) is 1.86. The number of nitrogens with one attached hydrogen (secondary N) is 1. The quantitative estimate of drug-likeness (QED) is 0.341. The summed E-state index contributed by atoms with van der Waals surface area (Å²) >= 11 is 5.81. The SMILES string of the molecule is Cc1c(NC(=O)c2cc(C(N)=O)nc3cc(F)c(Cl)cc23)c(C(F)(F)F)nn1Cc1ccc(C#N)cc1F. The van der Waals surface area contributed by atoms with Gasteiger partial charge in [0.1, 0.15) is 17.3 Å². The molecule has 38 heavy (non-hydrogen) atoms. The fourth-order valence-corrected chi connectivity index (χ4v) is 3.83. The summed E-state index contributed by atoms with van der Waals surface area (Å²) in [7, 11) is 0. The van der Waals surface area contributed by atoms with Crippen molar-refractivity contribution in [2.45, 2.75) is 19.6 Å². The largest absolute Gasteiger partial charge is 0.437 e. The number of fused-ring (bicyclic) bond motifs is 1. The molecule has 0 unspecified atom stereocenters. The van der Waals surface area contributed by atoms with Crippen LogP contribution >= 0.6 is 11.6 Å². The van der Waals surface area contributed by atoms with Crippen molar-refractivity contribution in [1.82, 2.24) is 14.8 Å². The maximum atomic E-state index is 14.4. The zero-order valence-electron chi connectivity index (χ0n) is 19.1. The van der Waals surface area contributed by atoms with E-state index in [-0.39, 0.29) is 33.3 Å². The molecule has 0 spiro atoms. The number of pyridine rings is 1. The highest BCUT2D eigenvalue weighted by Crippen LogP contribution is 2.37. The highest BCUT2D eigenvalue weighted by Gasteiger charge is 2.39. The lowest BCUT2D eigenvalue weighted by Gasteiger charge is -2.12. The molecule has 4 rings (SSSR count). The number of halogens is 6. The van der Waals surface area contributed by atoms with Crippen molar-refractivity contribution >= 4 is 40.0 Å². The van der Waals surface area contributed by atoms with E-state index in [0.29, 0.717) is 0 Å². The number of primary amides is 1. The molecule has 2 aromatic carbocycles. The van der Waals surface area contributed by atoms with Gasteiger partial charge in [-0.15, -0.1) is 0 Å². The fraction of sp³-hybridized carbons (Fsp3) is 0.125. The molecule has 2 heterocycles. The second kappa shape index (κ2) is 9.71. The number of aromatic nitrogens is 3. The Bertz CT molecular complexity index is 1680. The highest BCUT2D eigenvalue weighted by atomic mass is 35.5. The van der Waals surface area contributed by atoms with E-state index in [9.17, 15) is 31.5 Å². The second-order valence-electron chi connectivity index (χ2n) is 8.04. The normalized spacial score (nSPS) is 11.4. The van der Waals surface area contributed by atoms with Gasteiger partial charge in [-0.05, 0) is 31.2 Å². The van der Waals surface area contributed by atoms with Crippen LogP contribution in [-0.4, -0.2) is 26.6 Å². The van der Waals surface area contributed by atoms with Crippen LogP contribution in [0.5, 0.6) is 0 Å². The Kier molecular flexibility index (Phi) is 6.77. The summed E-state index contributed by atoms with van der Waals surface area (Å²) in [6.07, 6.45) is -5.02. The molecule has 4 aromatic rings. The van der Waals surface area contributed by atoms with Gasteiger partial charge in [-0.1, -0.05) is 17.7 Å². The molecular weight excluding hydrogens is 535 g/mol. The first-order chi connectivity index (χ1) is 17.8. The summed E-state index contributed by atoms with van der Waals surface area (Å²) in [4.78, 5) is 28.8. The average molecular weight is 549 g/mol. The van der Waals surface area contributed by atoms with E-state index in [1.165, 1.54) is 19.1 Å². The molecule has 0 atom stereocenters. The maximum Gasteiger partial charge on any atom is 0.437 e. The molecule has 0 saturated carbocycles. The molecule has 0 aliphatic rings. The van der Waals surface area contributed by atoms with E-state index in [1.54, 1.807) is 6.07 Å². The molecule has 8 nitrogen and oxygen atoms in total. The number of nitriles is 1. The lowest BCUT2D eigenvalue weighted by molar-refractivity contribution is -0.140. The topological polar surface area (TPSA) is 127 Å². The van der Waals surface area contributed by atoms with Gasteiger partial charge in [0.05, 0.1) is 45.7 Å². The van der Waals surface area contributed by atoms with Crippen molar-refractivity contribution in [3.63, 3.8) is 0 Å². The van der Waals surface area contributed by atoms with Crippen LogP contribution in [0, 0.1) is 29.9 Å². The zero-order chi connectivity index (χ0) is 27.9. The third-order valence-electron chi connectivity index (χ3n) is 5.56. The van der Waals surface area contributed by atoms with Gasteiger partial charge < -0.3 is 11.1 Å². The molecule has 0 fully saturated rings. The number of nitrogens with two attached hydrogens (primary N) is 1. The molecule has 2 aromatic heterocycles. The lowest BCUT2D eigenvalue weighted by atomic mass is 10.1. The minimum absolute atomic E-state index is 0.0206. The number of hydrogen-bond donors (Lipinski definition) is 2. The van der Waals surface area contributed by atoms with Crippen LogP contribution < -0.4 is 11.1 Å². The van der Waals surface area contributed by atoms with Gasteiger partial charge in [0.25, 0.3) is 11.8 Å². The smallest absolute Gasteiger partial charge is 0.364 e. The van der Waals surface area contributed by atoms with Crippen molar-refractivity contribution in [2.75, 3.05) is 5.32 Å². The van der Waals surface area contributed by atoms with Gasteiger partial charge in [-0.2, -0.15) is 23.5 Å². The monoisotopic (exact) mass is 548 g/mol. The molecule has 0 aliphatic heterocycles. The zero-order valence-corrected chi connectivity index (χ0v) is 19.9. The Morgan fingerprint density at radius 3 is 2.47 bits per heavy atom. The van der Waals surface area contributed by atoms with E-state index in [1.807, 2.05) is 0 Å². The lowest BCUT2D eigenvalue weighted by Crippen LogP contribution is -2.19. The maximum absolute atomic E-state index is 14.4. The number of alkyl halides is 3. The molecule has 3 N–H and O–H groups in total. The van der Waals surface area contributed by atoms with Crippen LogP contribution in [-0.2, 0) is 12.7 Å². The summed E-state index contributed by atoms with van der Waals surface area (Å²) in [6, 6.07) is 8.03.